The van der Waals surface area contributed by atoms with Crippen LogP contribution in [0.3, 0.4) is 0 Å². The van der Waals surface area contributed by atoms with E-state index in [-0.39, 0.29) is 21.4 Å². The SMILES string of the molecule is Nc1c(Cl)c(C(=O)O)nc(-c2ccc3sccc3c2)c1Cl. The fourth-order valence-corrected chi connectivity index (χ4v) is 3.29. The second-order valence-electron chi connectivity index (χ2n) is 4.33. The molecule has 0 saturated carbocycles. The molecule has 0 bridgehead atoms. The number of carbonyl (C=O) groups is 1. The minimum atomic E-state index is -1.25. The Kier molecular flexibility index (Phi) is 3.49. The highest BCUT2D eigenvalue weighted by atomic mass is 35.5. The van der Waals surface area contributed by atoms with Crippen LogP contribution in [-0.4, -0.2) is 16.1 Å². The lowest BCUT2D eigenvalue weighted by Crippen LogP contribution is -2.06. The smallest absolute Gasteiger partial charge is 0.356 e. The summed E-state index contributed by atoms with van der Waals surface area (Å²) in [6.45, 7) is 0. The molecule has 2 heterocycles. The Bertz CT molecular complexity index is 877. The number of thiophene rings is 1. The standard InChI is InChI=1S/C14H8Cl2N2O2S/c15-9-11(17)10(16)13(14(19)20)18-12(9)7-1-2-8-6(5-7)3-4-21-8/h1-5H,(H2,17,18)(H,19,20). The van der Waals surface area contributed by atoms with Gasteiger partial charge >= 0.3 is 5.97 Å². The highest BCUT2D eigenvalue weighted by Gasteiger charge is 2.20. The molecule has 3 aromatic rings. The highest BCUT2D eigenvalue weighted by molar-refractivity contribution is 7.17. The van der Waals surface area contributed by atoms with Crippen LogP contribution in [0.1, 0.15) is 10.5 Å². The van der Waals surface area contributed by atoms with Crippen molar-refractivity contribution in [3.8, 4) is 11.3 Å². The molecule has 0 radical (unpaired) electrons. The van der Waals surface area contributed by atoms with Gasteiger partial charge in [-0.2, -0.15) is 0 Å². The van der Waals surface area contributed by atoms with E-state index in [2.05, 4.69) is 4.98 Å². The largest absolute Gasteiger partial charge is 0.476 e. The molecule has 0 aliphatic heterocycles. The Morgan fingerprint density at radius 3 is 2.71 bits per heavy atom. The Labute approximate surface area is 133 Å². The Balaban J connectivity index is 2.28. The van der Waals surface area contributed by atoms with Crippen LogP contribution >= 0.6 is 34.5 Å². The number of nitrogens with zero attached hydrogens (tertiary/aromatic N) is 1. The van der Waals surface area contributed by atoms with Gasteiger partial charge in [-0.25, -0.2) is 9.78 Å². The number of hydrogen-bond acceptors (Lipinski definition) is 4. The summed E-state index contributed by atoms with van der Waals surface area (Å²) in [5.74, 6) is -1.25. The molecule has 21 heavy (non-hydrogen) atoms. The van der Waals surface area contributed by atoms with Gasteiger partial charge in [-0.05, 0) is 29.0 Å². The first kappa shape index (κ1) is 14.1. The number of benzene rings is 1. The molecular formula is C14H8Cl2N2O2S. The van der Waals surface area contributed by atoms with Crippen LogP contribution in [0, 0.1) is 0 Å². The molecule has 0 aliphatic rings. The van der Waals surface area contributed by atoms with Gasteiger partial charge in [0.1, 0.15) is 0 Å². The number of fused-ring (bicyclic) bond motifs is 1. The van der Waals surface area contributed by atoms with E-state index in [1.807, 2.05) is 29.6 Å². The summed E-state index contributed by atoms with van der Waals surface area (Å²) in [5.41, 5.74) is 6.50. The number of hydrogen-bond donors (Lipinski definition) is 2. The number of rotatable bonds is 2. The number of anilines is 1. The quantitative estimate of drug-likeness (QED) is 0.718. The van der Waals surface area contributed by atoms with Crippen molar-refractivity contribution < 1.29 is 9.90 Å². The van der Waals surface area contributed by atoms with Gasteiger partial charge in [0.05, 0.1) is 21.4 Å². The van der Waals surface area contributed by atoms with Crippen molar-refractivity contribution in [1.82, 2.24) is 4.98 Å². The third-order valence-electron chi connectivity index (χ3n) is 3.04. The van der Waals surface area contributed by atoms with Crippen molar-refractivity contribution >= 4 is 56.3 Å². The lowest BCUT2D eigenvalue weighted by molar-refractivity contribution is 0.0691. The molecule has 0 aliphatic carbocycles. The number of carboxylic acid groups (broad SMARTS) is 1. The Morgan fingerprint density at radius 2 is 2.00 bits per heavy atom. The summed E-state index contributed by atoms with van der Waals surface area (Å²) in [4.78, 5) is 15.2. The van der Waals surface area contributed by atoms with Crippen LogP contribution in [0.4, 0.5) is 5.69 Å². The first-order chi connectivity index (χ1) is 9.99. The molecule has 0 atom stereocenters. The predicted molar refractivity (Wildman–Crippen MR) is 86.4 cm³/mol. The number of aromatic nitrogens is 1. The van der Waals surface area contributed by atoms with Gasteiger partial charge in [0.25, 0.3) is 0 Å². The van der Waals surface area contributed by atoms with Gasteiger partial charge in [0.15, 0.2) is 5.69 Å². The molecule has 3 N–H and O–H groups in total. The van der Waals surface area contributed by atoms with Crippen LogP contribution in [0.25, 0.3) is 21.3 Å². The summed E-state index contributed by atoms with van der Waals surface area (Å²) < 4.78 is 1.12. The van der Waals surface area contributed by atoms with Crippen molar-refractivity contribution in [2.75, 3.05) is 5.73 Å². The van der Waals surface area contributed by atoms with Gasteiger partial charge in [-0.3, -0.25) is 0 Å². The normalized spacial score (nSPS) is 11.0. The summed E-state index contributed by atoms with van der Waals surface area (Å²) >= 11 is 13.7. The fourth-order valence-electron chi connectivity index (χ4n) is 2.01. The van der Waals surface area contributed by atoms with E-state index in [9.17, 15) is 4.79 Å². The maximum absolute atomic E-state index is 11.2. The minimum absolute atomic E-state index is 0.0196. The average molecular weight is 339 g/mol. The molecular weight excluding hydrogens is 331 g/mol. The monoisotopic (exact) mass is 338 g/mol. The predicted octanol–water partition coefficient (Wildman–Crippen LogP) is 4.55. The molecule has 0 fully saturated rings. The van der Waals surface area contributed by atoms with Crippen LogP contribution < -0.4 is 5.73 Å². The van der Waals surface area contributed by atoms with Crippen molar-refractivity contribution in [3.63, 3.8) is 0 Å². The fraction of sp³-hybridized carbons (Fsp3) is 0. The van der Waals surface area contributed by atoms with E-state index in [1.165, 1.54) is 0 Å². The lowest BCUT2D eigenvalue weighted by Gasteiger charge is -2.10. The molecule has 1 aromatic carbocycles. The second kappa shape index (κ2) is 5.18. The first-order valence-electron chi connectivity index (χ1n) is 5.84. The number of nitrogen functional groups attached to an aromatic ring is 1. The zero-order valence-electron chi connectivity index (χ0n) is 10.4. The zero-order chi connectivity index (χ0) is 15.1. The summed E-state index contributed by atoms with van der Waals surface area (Å²) in [7, 11) is 0. The van der Waals surface area contributed by atoms with E-state index in [0.29, 0.717) is 11.3 Å². The Hall–Kier alpha value is -1.82. The average Bonchev–Trinajstić information content (AvgIpc) is 2.92. The van der Waals surface area contributed by atoms with Crippen molar-refractivity contribution in [1.29, 1.82) is 0 Å². The van der Waals surface area contributed by atoms with Crippen LogP contribution in [0.2, 0.25) is 10.0 Å². The van der Waals surface area contributed by atoms with Crippen molar-refractivity contribution in [2.24, 2.45) is 0 Å². The van der Waals surface area contributed by atoms with Crippen LogP contribution in [0.15, 0.2) is 29.6 Å². The Morgan fingerprint density at radius 1 is 1.24 bits per heavy atom. The molecule has 2 aromatic heterocycles. The summed E-state index contributed by atoms with van der Waals surface area (Å²) in [6.07, 6.45) is 0. The molecule has 0 unspecified atom stereocenters. The van der Waals surface area contributed by atoms with E-state index >= 15 is 0 Å². The van der Waals surface area contributed by atoms with Gasteiger partial charge in [-0.1, -0.05) is 29.3 Å². The maximum atomic E-state index is 11.2. The zero-order valence-corrected chi connectivity index (χ0v) is 12.8. The number of carboxylic acids is 1. The number of pyridine rings is 1. The van der Waals surface area contributed by atoms with E-state index < -0.39 is 5.97 Å². The molecule has 0 amide bonds. The number of halogens is 2. The molecule has 3 rings (SSSR count). The topological polar surface area (TPSA) is 76.2 Å². The number of nitrogens with two attached hydrogens (primary N) is 1. The maximum Gasteiger partial charge on any atom is 0.356 e. The van der Waals surface area contributed by atoms with Crippen LogP contribution in [0.5, 0.6) is 0 Å². The minimum Gasteiger partial charge on any atom is -0.476 e. The number of aromatic carboxylic acids is 1. The van der Waals surface area contributed by atoms with Gasteiger partial charge in [-0.15, -0.1) is 11.3 Å². The third-order valence-corrected chi connectivity index (χ3v) is 4.70. The van der Waals surface area contributed by atoms with Gasteiger partial charge in [0.2, 0.25) is 0 Å². The summed E-state index contributed by atoms with van der Waals surface area (Å²) in [6, 6.07) is 7.61. The van der Waals surface area contributed by atoms with Gasteiger partial charge in [0, 0.05) is 10.3 Å². The van der Waals surface area contributed by atoms with Crippen LogP contribution in [-0.2, 0) is 0 Å². The second-order valence-corrected chi connectivity index (χ2v) is 6.03. The highest BCUT2D eigenvalue weighted by Crippen LogP contribution is 2.38. The van der Waals surface area contributed by atoms with Crippen molar-refractivity contribution in [2.45, 2.75) is 0 Å². The molecule has 0 spiro atoms. The molecule has 106 valence electrons. The third kappa shape index (κ3) is 2.33. The lowest BCUT2D eigenvalue weighted by atomic mass is 10.1. The van der Waals surface area contributed by atoms with E-state index in [0.717, 1.165) is 10.1 Å². The van der Waals surface area contributed by atoms with Gasteiger partial charge < -0.3 is 10.8 Å². The molecule has 0 saturated heterocycles. The van der Waals surface area contributed by atoms with E-state index in [4.69, 9.17) is 34.0 Å². The molecule has 7 heteroatoms. The van der Waals surface area contributed by atoms with E-state index in [1.54, 1.807) is 11.3 Å². The van der Waals surface area contributed by atoms with Crippen molar-refractivity contribution in [3.05, 3.63) is 45.4 Å². The molecule has 4 nitrogen and oxygen atoms in total. The first-order valence-corrected chi connectivity index (χ1v) is 7.48. The summed E-state index contributed by atoms with van der Waals surface area (Å²) in [5, 5.41) is 12.2.